The molecule has 0 saturated carbocycles. The van der Waals surface area contributed by atoms with Gasteiger partial charge in [-0.15, -0.1) is 11.3 Å². The molecule has 1 aromatic carbocycles. The van der Waals surface area contributed by atoms with Crippen LogP contribution in [0, 0.1) is 0 Å². The summed E-state index contributed by atoms with van der Waals surface area (Å²) in [5.41, 5.74) is 0.724. The Kier molecular flexibility index (Phi) is 7.10. The van der Waals surface area contributed by atoms with Crippen LogP contribution in [0.15, 0.2) is 35.7 Å². The maximum absolute atomic E-state index is 12.8. The predicted octanol–water partition coefficient (Wildman–Crippen LogP) is 4.59. The molecule has 2 atom stereocenters. The lowest BCUT2D eigenvalue weighted by Gasteiger charge is -2.27. The molecule has 1 fully saturated rings. The number of ether oxygens (including phenoxy) is 3. The number of likely N-dealkylation sites (tertiary alicyclic amines) is 1. The number of rotatable bonds is 6. The smallest absolute Gasteiger partial charge is 0.410 e. The fourth-order valence-corrected chi connectivity index (χ4v) is 4.12. The third kappa shape index (κ3) is 5.79. The summed E-state index contributed by atoms with van der Waals surface area (Å²) in [5, 5.41) is 2.34. The van der Waals surface area contributed by atoms with E-state index in [9.17, 15) is 9.59 Å². The van der Waals surface area contributed by atoms with Crippen molar-refractivity contribution in [3.05, 3.63) is 52.0 Å². The average Bonchev–Trinajstić information content (AvgIpc) is 3.33. The maximum atomic E-state index is 12.8. The molecule has 0 bridgehead atoms. The molecule has 7 nitrogen and oxygen atoms in total. The van der Waals surface area contributed by atoms with Crippen LogP contribution >= 0.6 is 11.3 Å². The van der Waals surface area contributed by atoms with Crippen LogP contribution in [-0.2, 0) is 20.8 Å². The SMILES string of the molecule is CCOC(=O)c1csc([C@@H]2C[C@H](OCc3ccccc3)CN2C(=O)OC(C)(C)C)n1. The number of hydrogen-bond acceptors (Lipinski definition) is 7. The Bertz CT molecular complexity index is 862. The summed E-state index contributed by atoms with van der Waals surface area (Å²) in [4.78, 5) is 30.9. The van der Waals surface area contributed by atoms with Crippen molar-refractivity contribution in [3.63, 3.8) is 0 Å². The normalized spacial score (nSPS) is 19.0. The first-order chi connectivity index (χ1) is 14.3. The molecule has 2 aromatic rings. The Balaban J connectivity index is 1.75. The average molecular weight is 433 g/mol. The predicted molar refractivity (Wildman–Crippen MR) is 113 cm³/mol. The molecule has 1 saturated heterocycles. The fourth-order valence-electron chi connectivity index (χ4n) is 3.20. The molecule has 1 aliphatic heterocycles. The Morgan fingerprint density at radius 2 is 1.97 bits per heavy atom. The number of carbonyl (C=O) groups excluding carboxylic acids is 2. The Morgan fingerprint density at radius 3 is 2.63 bits per heavy atom. The quantitative estimate of drug-likeness (QED) is 0.622. The summed E-state index contributed by atoms with van der Waals surface area (Å²) >= 11 is 1.34. The molecule has 2 heterocycles. The third-order valence-electron chi connectivity index (χ3n) is 4.51. The highest BCUT2D eigenvalue weighted by atomic mass is 32.1. The van der Waals surface area contributed by atoms with Gasteiger partial charge in [-0.2, -0.15) is 0 Å². The molecule has 8 heteroatoms. The van der Waals surface area contributed by atoms with E-state index < -0.39 is 17.7 Å². The Hall–Kier alpha value is -2.45. The van der Waals surface area contributed by atoms with Gasteiger partial charge in [-0.3, -0.25) is 4.90 Å². The van der Waals surface area contributed by atoms with Gasteiger partial charge in [0, 0.05) is 11.8 Å². The van der Waals surface area contributed by atoms with Gasteiger partial charge in [0.15, 0.2) is 5.69 Å². The summed E-state index contributed by atoms with van der Waals surface area (Å²) in [6.07, 6.45) is 0.0193. The number of thiazole rings is 1. The van der Waals surface area contributed by atoms with Crippen molar-refractivity contribution in [2.75, 3.05) is 13.2 Å². The highest BCUT2D eigenvalue weighted by molar-refractivity contribution is 7.09. The number of aromatic nitrogens is 1. The van der Waals surface area contributed by atoms with Gasteiger partial charge in [0.1, 0.15) is 10.6 Å². The van der Waals surface area contributed by atoms with Gasteiger partial charge in [0.05, 0.1) is 31.9 Å². The van der Waals surface area contributed by atoms with Crippen LogP contribution < -0.4 is 0 Å². The minimum atomic E-state index is -0.608. The number of esters is 1. The van der Waals surface area contributed by atoms with Crippen LogP contribution in [0.3, 0.4) is 0 Å². The van der Waals surface area contributed by atoms with Gasteiger partial charge in [-0.25, -0.2) is 14.6 Å². The second-order valence-corrected chi connectivity index (χ2v) is 8.98. The van der Waals surface area contributed by atoms with E-state index in [4.69, 9.17) is 14.2 Å². The van der Waals surface area contributed by atoms with Crippen molar-refractivity contribution in [2.45, 2.75) is 58.5 Å². The summed E-state index contributed by atoms with van der Waals surface area (Å²) in [6, 6.07) is 9.59. The van der Waals surface area contributed by atoms with Crippen LogP contribution in [0.2, 0.25) is 0 Å². The molecule has 0 radical (unpaired) electrons. The molecular weight excluding hydrogens is 404 g/mol. The van der Waals surface area contributed by atoms with Crippen LogP contribution in [0.5, 0.6) is 0 Å². The summed E-state index contributed by atoms with van der Waals surface area (Å²) in [6.45, 7) is 8.41. The van der Waals surface area contributed by atoms with Gasteiger partial charge < -0.3 is 14.2 Å². The second-order valence-electron chi connectivity index (χ2n) is 8.09. The minimum Gasteiger partial charge on any atom is -0.461 e. The van der Waals surface area contributed by atoms with Gasteiger partial charge in [0.25, 0.3) is 0 Å². The largest absolute Gasteiger partial charge is 0.461 e. The van der Waals surface area contributed by atoms with Crippen molar-refractivity contribution in [3.8, 4) is 0 Å². The third-order valence-corrected chi connectivity index (χ3v) is 5.46. The second kappa shape index (κ2) is 9.57. The standard InChI is InChI=1S/C22H28N2O5S/c1-5-27-20(25)17-14-30-19(23-17)18-11-16(28-13-15-9-7-6-8-10-15)12-24(18)21(26)29-22(2,3)4/h6-10,14,16,18H,5,11-13H2,1-4H3/t16-,18-/m0/s1. The van der Waals surface area contributed by atoms with Crippen LogP contribution in [0.25, 0.3) is 0 Å². The fraction of sp³-hybridized carbons (Fsp3) is 0.500. The number of nitrogens with zero attached hydrogens (tertiary/aromatic N) is 2. The van der Waals surface area contributed by atoms with Crippen LogP contribution in [-0.4, -0.2) is 46.8 Å². The minimum absolute atomic E-state index is 0.155. The van der Waals surface area contributed by atoms with E-state index in [2.05, 4.69) is 4.98 Å². The zero-order valence-corrected chi connectivity index (χ0v) is 18.6. The number of hydrogen-bond donors (Lipinski definition) is 0. The van der Waals surface area contributed by atoms with E-state index in [0.717, 1.165) is 5.56 Å². The van der Waals surface area contributed by atoms with Gasteiger partial charge >= 0.3 is 12.1 Å². The van der Waals surface area contributed by atoms with Crippen molar-refractivity contribution in [1.82, 2.24) is 9.88 Å². The first kappa shape index (κ1) is 22.2. The monoisotopic (exact) mass is 432 g/mol. The Morgan fingerprint density at radius 1 is 1.23 bits per heavy atom. The van der Waals surface area contributed by atoms with E-state index in [0.29, 0.717) is 24.6 Å². The van der Waals surface area contributed by atoms with Gasteiger partial charge in [-0.1, -0.05) is 30.3 Å². The number of carbonyl (C=O) groups is 2. The number of benzene rings is 1. The van der Waals surface area contributed by atoms with Crippen molar-refractivity contribution in [2.24, 2.45) is 0 Å². The lowest BCUT2D eigenvalue weighted by Crippen LogP contribution is -2.37. The highest BCUT2D eigenvalue weighted by Crippen LogP contribution is 2.36. The van der Waals surface area contributed by atoms with Gasteiger partial charge in [-0.05, 0) is 33.3 Å². The molecule has 0 spiro atoms. The molecule has 3 rings (SSSR count). The van der Waals surface area contributed by atoms with Crippen LogP contribution in [0.4, 0.5) is 4.79 Å². The molecular formula is C22H28N2O5S. The first-order valence-corrected chi connectivity index (χ1v) is 10.9. The maximum Gasteiger partial charge on any atom is 0.410 e. The highest BCUT2D eigenvalue weighted by Gasteiger charge is 2.40. The molecule has 162 valence electrons. The van der Waals surface area contributed by atoms with E-state index in [1.807, 2.05) is 51.1 Å². The molecule has 0 aliphatic carbocycles. The summed E-state index contributed by atoms with van der Waals surface area (Å²) in [7, 11) is 0. The van der Waals surface area contributed by atoms with E-state index in [1.165, 1.54) is 11.3 Å². The molecule has 0 N–H and O–H groups in total. The topological polar surface area (TPSA) is 78.0 Å². The Labute approximate surface area is 181 Å². The molecule has 1 aromatic heterocycles. The zero-order chi connectivity index (χ0) is 21.7. The lowest BCUT2D eigenvalue weighted by molar-refractivity contribution is 0.0148. The first-order valence-electron chi connectivity index (χ1n) is 10.0. The van der Waals surface area contributed by atoms with E-state index >= 15 is 0 Å². The summed E-state index contributed by atoms with van der Waals surface area (Å²) < 4.78 is 16.7. The van der Waals surface area contributed by atoms with Crippen molar-refractivity contribution in [1.29, 1.82) is 0 Å². The van der Waals surface area contributed by atoms with Gasteiger partial charge in [0.2, 0.25) is 0 Å². The molecule has 1 amide bonds. The van der Waals surface area contributed by atoms with Crippen LogP contribution in [0.1, 0.15) is 61.2 Å². The van der Waals surface area contributed by atoms with Crippen molar-refractivity contribution < 1.29 is 23.8 Å². The van der Waals surface area contributed by atoms with Crippen molar-refractivity contribution >= 4 is 23.4 Å². The van der Waals surface area contributed by atoms with E-state index in [1.54, 1.807) is 17.2 Å². The molecule has 1 aliphatic rings. The summed E-state index contributed by atoms with van der Waals surface area (Å²) in [5.74, 6) is -0.460. The lowest BCUT2D eigenvalue weighted by atomic mass is 10.2. The zero-order valence-electron chi connectivity index (χ0n) is 17.8. The molecule has 0 unspecified atom stereocenters. The number of amides is 1. The molecule has 30 heavy (non-hydrogen) atoms. The van der Waals surface area contributed by atoms with E-state index in [-0.39, 0.29) is 24.4 Å².